The normalized spacial score (nSPS) is 10.3. The summed E-state index contributed by atoms with van der Waals surface area (Å²) >= 11 is 3.43. The van der Waals surface area contributed by atoms with Crippen molar-refractivity contribution in [1.29, 1.82) is 0 Å². The summed E-state index contributed by atoms with van der Waals surface area (Å²) in [6.45, 7) is 1.75. The molecule has 1 aromatic heterocycles. The zero-order valence-electron chi connectivity index (χ0n) is 13.3. The predicted octanol–water partition coefficient (Wildman–Crippen LogP) is 2.64. The van der Waals surface area contributed by atoms with E-state index in [0.29, 0.717) is 11.3 Å². The van der Waals surface area contributed by atoms with Crippen LogP contribution in [0.4, 0.5) is 0 Å². The van der Waals surface area contributed by atoms with Crippen LogP contribution in [-0.2, 0) is 4.79 Å². The zero-order chi connectivity index (χ0) is 17.0. The van der Waals surface area contributed by atoms with E-state index in [0.717, 1.165) is 15.7 Å². The Hall–Kier alpha value is -2.21. The number of aromatic nitrogens is 1. The molecule has 0 aliphatic heterocycles. The molecule has 0 aliphatic rings. The summed E-state index contributed by atoms with van der Waals surface area (Å²) in [5.41, 5.74) is 2.86. The summed E-state index contributed by atoms with van der Waals surface area (Å²) in [7, 11) is 3.29. The van der Waals surface area contributed by atoms with E-state index in [2.05, 4.69) is 26.2 Å². The summed E-state index contributed by atoms with van der Waals surface area (Å²) in [5, 5.41) is 2.61. The molecule has 0 radical (unpaired) electrons. The predicted molar refractivity (Wildman–Crippen MR) is 93.1 cm³/mol. The number of nitrogens with one attached hydrogen (secondary N) is 1. The molecule has 120 valence electrons. The van der Waals surface area contributed by atoms with E-state index in [-0.39, 0.29) is 18.4 Å². The number of rotatable bonds is 4. The van der Waals surface area contributed by atoms with E-state index < -0.39 is 0 Å². The van der Waals surface area contributed by atoms with Crippen molar-refractivity contribution >= 4 is 27.7 Å². The first-order valence-electron chi connectivity index (χ1n) is 7.10. The quantitative estimate of drug-likeness (QED) is 0.893. The molecule has 2 amide bonds. The Bertz CT molecular complexity index is 744. The van der Waals surface area contributed by atoms with Crippen LogP contribution in [0.5, 0.6) is 0 Å². The van der Waals surface area contributed by atoms with Gasteiger partial charge in [0.2, 0.25) is 5.91 Å². The Labute approximate surface area is 143 Å². The molecule has 0 spiro atoms. The second-order valence-electron chi connectivity index (χ2n) is 5.31. The molecule has 23 heavy (non-hydrogen) atoms. The average Bonchev–Trinajstić information content (AvgIpc) is 2.52. The van der Waals surface area contributed by atoms with Crippen LogP contribution in [0.25, 0.3) is 11.3 Å². The Balaban J connectivity index is 2.16. The van der Waals surface area contributed by atoms with E-state index in [4.69, 9.17) is 0 Å². The van der Waals surface area contributed by atoms with Gasteiger partial charge in [-0.15, -0.1) is 0 Å². The number of pyridine rings is 1. The largest absolute Gasteiger partial charge is 0.347 e. The lowest BCUT2D eigenvalue weighted by Gasteiger charge is -2.12. The molecule has 0 atom stereocenters. The lowest BCUT2D eigenvalue weighted by Crippen LogP contribution is -2.36. The minimum Gasteiger partial charge on any atom is -0.347 e. The highest BCUT2D eigenvalue weighted by Gasteiger charge is 2.13. The second kappa shape index (κ2) is 7.37. The molecule has 1 N–H and O–H groups in total. The van der Waals surface area contributed by atoms with Gasteiger partial charge < -0.3 is 10.2 Å². The number of amides is 2. The maximum Gasteiger partial charge on any atom is 0.253 e. The van der Waals surface area contributed by atoms with Gasteiger partial charge in [0.05, 0.1) is 23.5 Å². The van der Waals surface area contributed by atoms with Gasteiger partial charge in [-0.3, -0.25) is 14.6 Å². The number of aryl methyl sites for hydroxylation is 1. The van der Waals surface area contributed by atoms with Crippen molar-refractivity contribution < 1.29 is 9.59 Å². The number of hydrogen-bond donors (Lipinski definition) is 1. The van der Waals surface area contributed by atoms with Crippen molar-refractivity contribution in [2.24, 2.45) is 0 Å². The molecule has 0 fully saturated rings. The Morgan fingerprint density at radius 1 is 1.22 bits per heavy atom. The highest BCUT2D eigenvalue weighted by Crippen LogP contribution is 2.22. The topological polar surface area (TPSA) is 62.3 Å². The molecule has 0 saturated heterocycles. The van der Waals surface area contributed by atoms with Crippen LogP contribution < -0.4 is 5.32 Å². The molecule has 0 unspecified atom stereocenters. The monoisotopic (exact) mass is 375 g/mol. The third-order valence-electron chi connectivity index (χ3n) is 3.35. The molecular weight excluding hydrogens is 358 g/mol. The molecule has 0 bridgehead atoms. The smallest absolute Gasteiger partial charge is 0.253 e. The van der Waals surface area contributed by atoms with E-state index in [1.807, 2.05) is 24.3 Å². The first kappa shape index (κ1) is 17.1. The van der Waals surface area contributed by atoms with Gasteiger partial charge in [0.25, 0.3) is 5.91 Å². The van der Waals surface area contributed by atoms with E-state index >= 15 is 0 Å². The fraction of sp³-hybridized carbons (Fsp3) is 0.235. The highest BCUT2D eigenvalue weighted by molar-refractivity contribution is 9.10. The van der Waals surface area contributed by atoms with Crippen LogP contribution in [0.1, 0.15) is 16.1 Å². The standard InChI is InChI=1S/C17H18BrN3O2/c1-11-14(17(23)19-10-16(22)21(2)3)7-8-15(20-11)12-5-4-6-13(18)9-12/h4-9H,10H2,1-3H3,(H,19,23). The lowest BCUT2D eigenvalue weighted by molar-refractivity contribution is -0.127. The third-order valence-corrected chi connectivity index (χ3v) is 3.84. The number of carbonyl (C=O) groups is 2. The van der Waals surface area contributed by atoms with Crippen molar-refractivity contribution in [3.05, 3.63) is 52.1 Å². The number of carbonyl (C=O) groups excluding carboxylic acids is 2. The Kier molecular flexibility index (Phi) is 5.50. The van der Waals surface area contributed by atoms with E-state index in [1.165, 1.54) is 4.90 Å². The number of nitrogens with zero attached hydrogens (tertiary/aromatic N) is 2. The Morgan fingerprint density at radius 3 is 2.57 bits per heavy atom. The summed E-state index contributed by atoms with van der Waals surface area (Å²) < 4.78 is 0.971. The summed E-state index contributed by atoms with van der Waals surface area (Å²) in [6.07, 6.45) is 0. The van der Waals surface area contributed by atoms with Crippen LogP contribution in [0, 0.1) is 6.92 Å². The summed E-state index contributed by atoms with van der Waals surface area (Å²) in [6, 6.07) is 11.3. The maximum absolute atomic E-state index is 12.2. The number of halogens is 1. The van der Waals surface area contributed by atoms with E-state index in [1.54, 1.807) is 33.2 Å². The molecule has 5 nitrogen and oxygen atoms in total. The minimum absolute atomic E-state index is 0.0291. The summed E-state index contributed by atoms with van der Waals surface area (Å²) in [5.74, 6) is -0.458. The van der Waals surface area contributed by atoms with Gasteiger partial charge >= 0.3 is 0 Å². The molecule has 2 rings (SSSR count). The van der Waals surface area contributed by atoms with Crippen LogP contribution in [0.15, 0.2) is 40.9 Å². The van der Waals surface area contributed by atoms with Crippen molar-refractivity contribution in [3.8, 4) is 11.3 Å². The first-order valence-corrected chi connectivity index (χ1v) is 7.89. The summed E-state index contributed by atoms with van der Waals surface area (Å²) in [4.78, 5) is 29.6. The molecule has 2 aromatic rings. The highest BCUT2D eigenvalue weighted by atomic mass is 79.9. The van der Waals surface area contributed by atoms with E-state index in [9.17, 15) is 9.59 Å². The maximum atomic E-state index is 12.2. The SMILES string of the molecule is Cc1nc(-c2cccc(Br)c2)ccc1C(=O)NCC(=O)N(C)C. The van der Waals surface area contributed by atoms with Crippen molar-refractivity contribution in [3.63, 3.8) is 0 Å². The first-order chi connectivity index (χ1) is 10.9. The van der Waals surface area contributed by atoms with Crippen molar-refractivity contribution in [2.45, 2.75) is 6.92 Å². The molecule has 0 saturated carbocycles. The number of benzene rings is 1. The molecule has 1 heterocycles. The van der Waals surface area contributed by atoms with Crippen LogP contribution in [0.2, 0.25) is 0 Å². The number of hydrogen-bond acceptors (Lipinski definition) is 3. The number of likely N-dealkylation sites (N-methyl/N-ethyl adjacent to an activating group) is 1. The van der Waals surface area contributed by atoms with Crippen LogP contribution in [-0.4, -0.2) is 42.3 Å². The van der Waals surface area contributed by atoms with Gasteiger partial charge in [0.15, 0.2) is 0 Å². The molecule has 6 heteroatoms. The van der Waals surface area contributed by atoms with Gasteiger partial charge in [0.1, 0.15) is 0 Å². The van der Waals surface area contributed by atoms with Gasteiger partial charge in [-0.05, 0) is 31.2 Å². The van der Waals surface area contributed by atoms with Crippen LogP contribution >= 0.6 is 15.9 Å². The van der Waals surface area contributed by atoms with Crippen molar-refractivity contribution in [2.75, 3.05) is 20.6 Å². The van der Waals surface area contributed by atoms with Gasteiger partial charge in [0, 0.05) is 24.1 Å². The molecule has 1 aromatic carbocycles. The third kappa shape index (κ3) is 4.39. The van der Waals surface area contributed by atoms with Crippen LogP contribution in [0.3, 0.4) is 0 Å². The fourth-order valence-electron chi connectivity index (χ4n) is 2.02. The Morgan fingerprint density at radius 2 is 1.96 bits per heavy atom. The fourth-order valence-corrected chi connectivity index (χ4v) is 2.42. The average molecular weight is 376 g/mol. The van der Waals surface area contributed by atoms with Crippen molar-refractivity contribution in [1.82, 2.24) is 15.2 Å². The lowest BCUT2D eigenvalue weighted by atomic mass is 10.1. The van der Waals surface area contributed by atoms with Gasteiger partial charge in [-0.25, -0.2) is 0 Å². The molecular formula is C17H18BrN3O2. The van der Waals surface area contributed by atoms with Gasteiger partial charge in [-0.2, -0.15) is 0 Å². The minimum atomic E-state index is -0.300. The second-order valence-corrected chi connectivity index (χ2v) is 6.23. The van der Waals surface area contributed by atoms with Gasteiger partial charge in [-0.1, -0.05) is 28.1 Å². The molecule has 0 aliphatic carbocycles. The zero-order valence-corrected chi connectivity index (χ0v) is 14.8.